The summed E-state index contributed by atoms with van der Waals surface area (Å²) in [5, 5.41) is 13.4. The van der Waals surface area contributed by atoms with E-state index in [1.807, 2.05) is 73.0 Å². The van der Waals surface area contributed by atoms with Crippen LogP contribution >= 0.6 is 11.3 Å². The van der Waals surface area contributed by atoms with E-state index in [1.165, 1.54) is 11.3 Å². The third-order valence-electron chi connectivity index (χ3n) is 6.46. The molecule has 2 atom stereocenters. The van der Waals surface area contributed by atoms with Crippen LogP contribution in [0.15, 0.2) is 66.0 Å². The van der Waals surface area contributed by atoms with E-state index in [2.05, 4.69) is 15.6 Å². The molecular formula is C27H29N5O3S. The highest BCUT2D eigenvalue weighted by Crippen LogP contribution is 2.31. The average molecular weight is 504 g/mol. The predicted octanol–water partition coefficient (Wildman–Crippen LogP) is 3.87. The normalized spacial score (nSPS) is 16.2. The smallest absolute Gasteiger partial charge is 0.248 e. The molecule has 2 aromatic heterocycles. The third kappa shape index (κ3) is 5.32. The summed E-state index contributed by atoms with van der Waals surface area (Å²) in [7, 11) is 0. The molecule has 0 radical (unpaired) electrons. The van der Waals surface area contributed by atoms with Crippen LogP contribution < -0.4 is 5.32 Å². The Morgan fingerprint density at radius 1 is 1.17 bits per heavy atom. The average Bonchev–Trinajstić information content (AvgIpc) is 3.66. The molecule has 2 amide bonds. The number of carbonyl (C=O) groups is 2. The molecule has 3 heterocycles. The molecule has 1 N–H and O–H groups in total. The lowest BCUT2D eigenvalue weighted by atomic mass is 10.1. The van der Waals surface area contributed by atoms with Crippen molar-refractivity contribution in [1.29, 1.82) is 0 Å². The lowest BCUT2D eigenvalue weighted by Gasteiger charge is -2.31. The van der Waals surface area contributed by atoms with E-state index >= 15 is 0 Å². The Balaban J connectivity index is 1.47. The Bertz CT molecular complexity index is 1330. The van der Waals surface area contributed by atoms with Crippen molar-refractivity contribution in [2.24, 2.45) is 0 Å². The number of nitrogens with zero attached hydrogens (tertiary/aromatic N) is 4. The molecule has 0 unspecified atom stereocenters. The summed E-state index contributed by atoms with van der Waals surface area (Å²) in [6.07, 6.45) is 1.94. The highest BCUT2D eigenvalue weighted by atomic mass is 32.1. The quantitative estimate of drug-likeness (QED) is 0.375. The number of carbonyl (C=O) groups excluding carboxylic acids is 2. The molecule has 186 valence electrons. The number of hydrogen-bond acceptors (Lipinski definition) is 6. The molecule has 9 heteroatoms. The molecule has 0 spiro atoms. The zero-order valence-electron chi connectivity index (χ0n) is 20.2. The molecule has 36 heavy (non-hydrogen) atoms. The van der Waals surface area contributed by atoms with E-state index in [0.717, 1.165) is 46.5 Å². The van der Waals surface area contributed by atoms with Gasteiger partial charge in [0.25, 0.3) is 0 Å². The number of thiophene rings is 1. The van der Waals surface area contributed by atoms with Gasteiger partial charge in [-0.15, -0.1) is 16.4 Å². The Kier molecular flexibility index (Phi) is 7.39. The van der Waals surface area contributed by atoms with Crippen molar-refractivity contribution >= 4 is 34.2 Å². The van der Waals surface area contributed by atoms with Gasteiger partial charge >= 0.3 is 0 Å². The molecule has 0 aliphatic carbocycles. The number of benzene rings is 2. The number of amides is 2. The van der Waals surface area contributed by atoms with Gasteiger partial charge in [-0.2, -0.15) is 0 Å². The van der Waals surface area contributed by atoms with E-state index in [4.69, 9.17) is 4.74 Å². The standard InChI is InChI=1S/C27H29N5O3S/c1-19-13-15-36-26(19)25(27(34)28-16-21-10-7-14-35-21)31(17-20-8-3-2-4-9-20)24(33)18-32-23-12-6-5-11-22(23)29-30-32/h2-6,8-9,11-13,15,21,25H,7,10,14,16-18H2,1H3,(H,28,34)/t21-,25-/m0/s1. The first-order valence-electron chi connectivity index (χ1n) is 12.1. The number of aryl methyl sites for hydroxylation is 1. The monoisotopic (exact) mass is 503 g/mol. The number of para-hydroxylation sites is 1. The summed E-state index contributed by atoms with van der Waals surface area (Å²) in [5.41, 5.74) is 3.42. The fraction of sp³-hybridized carbons (Fsp3) is 0.333. The minimum atomic E-state index is -0.770. The van der Waals surface area contributed by atoms with E-state index in [1.54, 1.807) is 9.58 Å². The Hall–Kier alpha value is -3.56. The van der Waals surface area contributed by atoms with Gasteiger partial charge in [-0.25, -0.2) is 4.68 Å². The number of nitrogens with one attached hydrogen (secondary N) is 1. The molecule has 1 aliphatic heterocycles. The van der Waals surface area contributed by atoms with Crippen LogP contribution in [-0.2, 0) is 27.4 Å². The van der Waals surface area contributed by atoms with Crippen molar-refractivity contribution in [3.05, 3.63) is 82.0 Å². The van der Waals surface area contributed by atoms with Crippen LogP contribution in [0.5, 0.6) is 0 Å². The van der Waals surface area contributed by atoms with E-state index < -0.39 is 6.04 Å². The highest BCUT2D eigenvalue weighted by Gasteiger charge is 2.34. The van der Waals surface area contributed by atoms with Crippen LogP contribution in [0, 0.1) is 6.92 Å². The van der Waals surface area contributed by atoms with Crippen LogP contribution in [0.4, 0.5) is 0 Å². The van der Waals surface area contributed by atoms with Crippen molar-refractivity contribution in [2.45, 2.75) is 45.0 Å². The summed E-state index contributed by atoms with van der Waals surface area (Å²) < 4.78 is 7.30. The summed E-state index contributed by atoms with van der Waals surface area (Å²) in [6.45, 7) is 3.40. The summed E-state index contributed by atoms with van der Waals surface area (Å²) >= 11 is 1.49. The Morgan fingerprint density at radius 2 is 1.97 bits per heavy atom. The van der Waals surface area contributed by atoms with Crippen molar-refractivity contribution in [2.75, 3.05) is 13.2 Å². The molecule has 5 rings (SSSR count). The van der Waals surface area contributed by atoms with Crippen molar-refractivity contribution in [3.63, 3.8) is 0 Å². The summed E-state index contributed by atoms with van der Waals surface area (Å²) in [5.74, 6) is -0.414. The van der Waals surface area contributed by atoms with Crippen LogP contribution in [-0.4, -0.2) is 51.0 Å². The van der Waals surface area contributed by atoms with Gasteiger partial charge in [0.1, 0.15) is 18.1 Å². The van der Waals surface area contributed by atoms with Gasteiger partial charge in [0.2, 0.25) is 11.8 Å². The number of hydrogen-bond donors (Lipinski definition) is 1. The number of rotatable bonds is 9. The van der Waals surface area contributed by atoms with Crippen LogP contribution in [0.1, 0.15) is 34.9 Å². The summed E-state index contributed by atoms with van der Waals surface area (Å²) in [4.78, 5) is 30.1. The number of ether oxygens (including phenoxy) is 1. The molecule has 1 fully saturated rings. The lowest BCUT2D eigenvalue weighted by molar-refractivity contribution is -0.142. The minimum absolute atomic E-state index is 0.0128. The van der Waals surface area contributed by atoms with Crippen molar-refractivity contribution < 1.29 is 14.3 Å². The lowest BCUT2D eigenvalue weighted by Crippen LogP contribution is -2.46. The molecule has 4 aromatic rings. The summed E-state index contributed by atoms with van der Waals surface area (Å²) in [6, 6.07) is 18.5. The minimum Gasteiger partial charge on any atom is -0.376 e. The van der Waals surface area contributed by atoms with Gasteiger partial charge in [-0.05, 0) is 54.5 Å². The maximum Gasteiger partial charge on any atom is 0.248 e. The maximum absolute atomic E-state index is 13.9. The van der Waals surface area contributed by atoms with Crippen LogP contribution in [0.25, 0.3) is 11.0 Å². The fourth-order valence-corrected chi connectivity index (χ4v) is 5.58. The second-order valence-electron chi connectivity index (χ2n) is 8.99. The van der Waals surface area contributed by atoms with Crippen LogP contribution in [0.2, 0.25) is 0 Å². The second kappa shape index (κ2) is 11.0. The largest absolute Gasteiger partial charge is 0.376 e. The number of aromatic nitrogens is 3. The Morgan fingerprint density at radius 3 is 2.72 bits per heavy atom. The van der Waals surface area contributed by atoms with Gasteiger partial charge in [-0.3, -0.25) is 9.59 Å². The molecule has 0 bridgehead atoms. The molecule has 1 saturated heterocycles. The molecular weight excluding hydrogens is 474 g/mol. The SMILES string of the molecule is Cc1ccsc1[C@@H](C(=O)NC[C@@H]1CCCO1)N(Cc1ccccc1)C(=O)Cn1nnc2ccccc21. The number of fused-ring (bicyclic) bond motifs is 1. The van der Waals surface area contributed by atoms with Crippen molar-refractivity contribution in [3.8, 4) is 0 Å². The van der Waals surface area contributed by atoms with Crippen LogP contribution in [0.3, 0.4) is 0 Å². The highest BCUT2D eigenvalue weighted by molar-refractivity contribution is 7.10. The molecule has 8 nitrogen and oxygen atoms in total. The third-order valence-corrected chi connectivity index (χ3v) is 7.53. The van der Waals surface area contributed by atoms with Gasteiger partial charge in [0, 0.05) is 24.6 Å². The van der Waals surface area contributed by atoms with E-state index in [9.17, 15) is 9.59 Å². The predicted molar refractivity (Wildman–Crippen MR) is 138 cm³/mol. The topological polar surface area (TPSA) is 89.4 Å². The zero-order valence-corrected chi connectivity index (χ0v) is 21.0. The zero-order chi connectivity index (χ0) is 24.9. The molecule has 2 aromatic carbocycles. The first-order chi connectivity index (χ1) is 17.6. The van der Waals surface area contributed by atoms with E-state index in [0.29, 0.717) is 13.1 Å². The van der Waals surface area contributed by atoms with E-state index in [-0.39, 0.29) is 24.5 Å². The molecule has 1 aliphatic rings. The molecule has 0 saturated carbocycles. The Labute approximate surface area is 213 Å². The fourth-order valence-electron chi connectivity index (χ4n) is 4.54. The van der Waals surface area contributed by atoms with Gasteiger partial charge in [0.05, 0.1) is 11.6 Å². The van der Waals surface area contributed by atoms with Crippen molar-refractivity contribution in [1.82, 2.24) is 25.2 Å². The van der Waals surface area contributed by atoms with Gasteiger partial charge in [0.15, 0.2) is 0 Å². The van der Waals surface area contributed by atoms with Gasteiger partial charge < -0.3 is 15.0 Å². The first-order valence-corrected chi connectivity index (χ1v) is 13.0. The van der Waals surface area contributed by atoms with Gasteiger partial charge in [-0.1, -0.05) is 47.7 Å². The second-order valence-corrected chi connectivity index (χ2v) is 9.94. The first kappa shape index (κ1) is 24.1. The maximum atomic E-state index is 13.9.